The lowest BCUT2D eigenvalue weighted by Crippen LogP contribution is -2.27. The largest absolute Gasteiger partial charge is 0.409 e. The summed E-state index contributed by atoms with van der Waals surface area (Å²) in [4.78, 5) is 6.44. The van der Waals surface area contributed by atoms with Crippen molar-refractivity contribution in [3.8, 4) is 0 Å². The molecule has 3 N–H and O–H groups in total. The van der Waals surface area contributed by atoms with E-state index in [0.717, 1.165) is 19.0 Å². The zero-order valence-corrected chi connectivity index (χ0v) is 11.1. The van der Waals surface area contributed by atoms with Crippen molar-refractivity contribution in [2.75, 3.05) is 18.0 Å². The van der Waals surface area contributed by atoms with Crippen LogP contribution in [-0.4, -0.2) is 29.1 Å². The van der Waals surface area contributed by atoms with E-state index in [9.17, 15) is 0 Å². The van der Waals surface area contributed by atoms with Crippen molar-refractivity contribution in [2.24, 2.45) is 16.8 Å². The highest BCUT2D eigenvalue weighted by Crippen LogP contribution is 2.33. The van der Waals surface area contributed by atoms with Gasteiger partial charge in [-0.25, -0.2) is 4.98 Å². The van der Waals surface area contributed by atoms with Gasteiger partial charge in [0.15, 0.2) is 5.84 Å². The molecule has 2 rings (SSSR count). The number of rotatable bonds is 5. The number of nitrogens with zero attached hydrogens (tertiary/aromatic N) is 3. The van der Waals surface area contributed by atoms with Crippen LogP contribution < -0.4 is 10.6 Å². The van der Waals surface area contributed by atoms with Crippen LogP contribution >= 0.6 is 11.6 Å². The molecule has 1 aliphatic rings. The summed E-state index contributed by atoms with van der Waals surface area (Å²) in [7, 11) is 0. The molecule has 1 aromatic heterocycles. The number of aromatic nitrogens is 1. The van der Waals surface area contributed by atoms with E-state index >= 15 is 0 Å². The van der Waals surface area contributed by atoms with Gasteiger partial charge in [-0.3, -0.25) is 0 Å². The van der Waals surface area contributed by atoms with Crippen molar-refractivity contribution in [3.63, 3.8) is 0 Å². The summed E-state index contributed by atoms with van der Waals surface area (Å²) in [5.74, 6) is 1.46. The highest BCUT2D eigenvalue weighted by Gasteiger charge is 2.25. The van der Waals surface area contributed by atoms with E-state index < -0.39 is 0 Å². The van der Waals surface area contributed by atoms with Gasteiger partial charge in [0.2, 0.25) is 0 Å². The van der Waals surface area contributed by atoms with Crippen molar-refractivity contribution in [3.05, 3.63) is 22.8 Å². The van der Waals surface area contributed by atoms with Gasteiger partial charge in [0.1, 0.15) is 5.82 Å². The molecule has 0 amide bonds. The minimum Gasteiger partial charge on any atom is -0.409 e. The van der Waals surface area contributed by atoms with Crippen molar-refractivity contribution in [2.45, 2.75) is 19.8 Å². The number of pyridine rings is 1. The normalized spacial score (nSPS) is 15.8. The first-order valence-electron chi connectivity index (χ1n) is 6.04. The van der Waals surface area contributed by atoms with Crippen LogP contribution in [0, 0.1) is 5.92 Å². The van der Waals surface area contributed by atoms with Crippen molar-refractivity contribution >= 4 is 23.3 Å². The molecular formula is C12H17ClN4O. The third-order valence-electron chi connectivity index (χ3n) is 3.11. The fourth-order valence-corrected chi connectivity index (χ4v) is 2.21. The molecule has 0 aliphatic heterocycles. The Hall–Kier alpha value is -1.49. The first kappa shape index (κ1) is 13.0. The van der Waals surface area contributed by atoms with Crippen LogP contribution in [0.1, 0.15) is 25.3 Å². The first-order valence-corrected chi connectivity index (χ1v) is 6.42. The molecule has 0 saturated heterocycles. The van der Waals surface area contributed by atoms with Gasteiger partial charge in [0.25, 0.3) is 0 Å². The zero-order chi connectivity index (χ0) is 13.1. The second-order valence-electron chi connectivity index (χ2n) is 4.46. The molecule has 0 radical (unpaired) electrons. The molecule has 0 unspecified atom stereocenters. The van der Waals surface area contributed by atoms with E-state index in [1.54, 1.807) is 12.3 Å². The fourth-order valence-electron chi connectivity index (χ4n) is 1.88. The smallest absolute Gasteiger partial charge is 0.171 e. The summed E-state index contributed by atoms with van der Waals surface area (Å²) in [6.45, 7) is 3.86. The maximum absolute atomic E-state index is 8.73. The van der Waals surface area contributed by atoms with Crippen LogP contribution in [0.4, 0.5) is 5.82 Å². The van der Waals surface area contributed by atoms with Crippen LogP contribution in [0.2, 0.25) is 5.02 Å². The Morgan fingerprint density at radius 2 is 2.39 bits per heavy atom. The molecule has 1 saturated carbocycles. The van der Waals surface area contributed by atoms with E-state index in [2.05, 4.69) is 22.0 Å². The number of oxime groups is 1. The van der Waals surface area contributed by atoms with Gasteiger partial charge in [-0.1, -0.05) is 16.8 Å². The molecular weight excluding hydrogens is 252 g/mol. The van der Waals surface area contributed by atoms with Gasteiger partial charge in [0, 0.05) is 24.8 Å². The van der Waals surface area contributed by atoms with Gasteiger partial charge in [-0.05, 0) is 31.7 Å². The molecule has 1 aliphatic carbocycles. The van der Waals surface area contributed by atoms with Crippen LogP contribution in [0.25, 0.3) is 0 Å². The maximum atomic E-state index is 8.73. The summed E-state index contributed by atoms with van der Waals surface area (Å²) < 4.78 is 0. The number of amidine groups is 1. The molecule has 1 aromatic rings. The number of anilines is 1. The summed E-state index contributed by atoms with van der Waals surface area (Å²) >= 11 is 6.28. The number of nitrogens with two attached hydrogens (primary N) is 1. The lowest BCUT2D eigenvalue weighted by molar-refractivity contribution is 0.318. The summed E-state index contributed by atoms with van der Waals surface area (Å²) in [6, 6.07) is 1.64. The van der Waals surface area contributed by atoms with Crippen LogP contribution in [0.15, 0.2) is 17.4 Å². The van der Waals surface area contributed by atoms with Crippen molar-refractivity contribution < 1.29 is 5.21 Å². The molecule has 0 aromatic carbocycles. The Kier molecular flexibility index (Phi) is 3.91. The topological polar surface area (TPSA) is 74.7 Å². The molecule has 1 fully saturated rings. The molecule has 98 valence electrons. The third kappa shape index (κ3) is 2.67. The molecule has 6 heteroatoms. The lowest BCUT2D eigenvalue weighted by Gasteiger charge is -2.23. The summed E-state index contributed by atoms with van der Waals surface area (Å²) in [6.07, 6.45) is 4.17. The second kappa shape index (κ2) is 5.44. The third-order valence-corrected chi connectivity index (χ3v) is 3.48. The Balaban J connectivity index is 2.30. The van der Waals surface area contributed by atoms with Gasteiger partial charge in [-0.2, -0.15) is 0 Å². The highest BCUT2D eigenvalue weighted by molar-refractivity contribution is 6.36. The highest BCUT2D eigenvalue weighted by atomic mass is 35.5. The SMILES string of the molecule is CCN(CC1CC1)c1nccc(/C(N)=N/O)c1Cl. The Bertz CT molecular complexity index is 459. The van der Waals surface area contributed by atoms with E-state index in [1.807, 2.05) is 0 Å². The molecule has 5 nitrogen and oxygen atoms in total. The van der Waals surface area contributed by atoms with Crippen LogP contribution in [-0.2, 0) is 0 Å². The Labute approximate surface area is 111 Å². The van der Waals surface area contributed by atoms with Gasteiger partial charge >= 0.3 is 0 Å². The van der Waals surface area contributed by atoms with E-state index in [0.29, 0.717) is 16.4 Å². The second-order valence-corrected chi connectivity index (χ2v) is 4.84. The van der Waals surface area contributed by atoms with Crippen molar-refractivity contribution in [1.82, 2.24) is 4.98 Å². The number of hydrogen-bond acceptors (Lipinski definition) is 4. The number of halogens is 1. The minimum absolute atomic E-state index is 0.00567. The Morgan fingerprint density at radius 1 is 1.67 bits per heavy atom. The predicted octanol–water partition coefficient (Wildman–Crippen LogP) is 2.07. The minimum atomic E-state index is 0.00567. The molecule has 0 atom stereocenters. The number of hydrogen-bond donors (Lipinski definition) is 2. The molecule has 18 heavy (non-hydrogen) atoms. The van der Waals surface area contributed by atoms with E-state index in [-0.39, 0.29) is 5.84 Å². The summed E-state index contributed by atoms with van der Waals surface area (Å²) in [5, 5.41) is 12.1. The van der Waals surface area contributed by atoms with E-state index in [4.69, 9.17) is 22.5 Å². The predicted molar refractivity (Wildman–Crippen MR) is 72.4 cm³/mol. The zero-order valence-electron chi connectivity index (χ0n) is 10.3. The fraction of sp³-hybridized carbons (Fsp3) is 0.500. The average molecular weight is 269 g/mol. The van der Waals surface area contributed by atoms with Crippen molar-refractivity contribution in [1.29, 1.82) is 0 Å². The standard InChI is InChI=1S/C12H17ClN4O/c1-2-17(7-8-3-4-8)12-10(13)9(5-6-15-12)11(14)16-18/h5-6,8,18H,2-4,7H2,1H3,(H2,14,16). The summed E-state index contributed by atoms with van der Waals surface area (Å²) in [5.41, 5.74) is 6.10. The van der Waals surface area contributed by atoms with E-state index in [1.165, 1.54) is 12.8 Å². The average Bonchev–Trinajstić information content (AvgIpc) is 3.19. The maximum Gasteiger partial charge on any atom is 0.171 e. The molecule has 0 spiro atoms. The monoisotopic (exact) mass is 268 g/mol. The molecule has 0 bridgehead atoms. The lowest BCUT2D eigenvalue weighted by atomic mass is 10.2. The first-order chi connectivity index (χ1) is 8.67. The van der Waals surface area contributed by atoms with Gasteiger partial charge in [-0.15, -0.1) is 0 Å². The Morgan fingerprint density at radius 3 is 2.94 bits per heavy atom. The van der Waals surface area contributed by atoms with Crippen LogP contribution in [0.3, 0.4) is 0 Å². The quantitative estimate of drug-likeness (QED) is 0.371. The molecule has 1 heterocycles. The van der Waals surface area contributed by atoms with Gasteiger partial charge < -0.3 is 15.8 Å². The van der Waals surface area contributed by atoms with Crippen LogP contribution in [0.5, 0.6) is 0 Å². The van der Waals surface area contributed by atoms with Gasteiger partial charge in [0.05, 0.1) is 5.02 Å².